The molecule has 1 aromatic carbocycles. The van der Waals surface area contributed by atoms with E-state index in [0.717, 1.165) is 36.4 Å². The fraction of sp³-hybridized carbons (Fsp3) is 0.500. The molecular formula is C20H26ClN3O2. The van der Waals surface area contributed by atoms with E-state index in [9.17, 15) is 4.79 Å². The largest absolute Gasteiger partial charge is 0.439 e. The molecule has 0 bridgehead atoms. The predicted octanol–water partition coefficient (Wildman–Crippen LogP) is 4.18. The Labute approximate surface area is 159 Å². The summed E-state index contributed by atoms with van der Waals surface area (Å²) in [6.07, 6.45) is 3.90. The van der Waals surface area contributed by atoms with Gasteiger partial charge >= 0.3 is 0 Å². The topological polar surface area (TPSA) is 58.4 Å². The number of nitrogens with zero attached hydrogens (tertiary/aromatic N) is 2. The van der Waals surface area contributed by atoms with Crippen LogP contribution >= 0.6 is 11.6 Å². The molecule has 0 spiro atoms. The molecular weight excluding hydrogens is 350 g/mol. The van der Waals surface area contributed by atoms with E-state index < -0.39 is 0 Å². The number of hydrogen-bond donors (Lipinski definition) is 1. The zero-order valence-corrected chi connectivity index (χ0v) is 16.2. The number of nitrogens with one attached hydrogen (secondary N) is 1. The molecule has 1 aliphatic rings. The maximum absolute atomic E-state index is 12.0. The number of amides is 1. The Kier molecular flexibility index (Phi) is 6.33. The third-order valence-electron chi connectivity index (χ3n) is 4.83. The first kappa shape index (κ1) is 18.9. The monoisotopic (exact) mass is 375 g/mol. The van der Waals surface area contributed by atoms with E-state index >= 15 is 0 Å². The number of halogens is 1. The predicted molar refractivity (Wildman–Crippen MR) is 103 cm³/mol. The Morgan fingerprint density at radius 1 is 1.35 bits per heavy atom. The Morgan fingerprint density at radius 3 is 2.85 bits per heavy atom. The van der Waals surface area contributed by atoms with Crippen molar-refractivity contribution in [2.24, 2.45) is 0 Å². The number of hydrogen-bond acceptors (Lipinski definition) is 4. The highest BCUT2D eigenvalue weighted by molar-refractivity contribution is 6.30. The molecule has 1 N–H and O–H groups in total. The van der Waals surface area contributed by atoms with Crippen molar-refractivity contribution in [3.05, 3.63) is 40.9 Å². The molecule has 0 aliphatic carbocycles. The number of aromatic nitrogens is 1. The van der Waals surface area contributed by atoms with Crippen LogP contribution in [-0.2, 0) is 11.3 Å². The molecule has 3 rings (SSSR count). The summed E-state index contributed by atoms with van der Waals surface area (Å²) in [5.74, 6) is 1.61. The fourth-order valence-electron chi connectivity index (χ4n) is 3.55. The molecule has 1 amide bonds. The first-order valence-corrected chi connectivity index (χ1v) is 9.67. The summed E-state index contributed by atoms with van der Waals surface area (Å²) >= 11 is 5.97. The van der Waals surface area contributed by atoms with Gasteiger partial charge in [-0.15, -0.1) is 0 Å². The minimum atomic E-state index is 0.120. The average Bonchev–Trinajstić information content (AvgIpc) is 2.98. The van der Waals surface area contributed by atoms with Gasteiger partial charge in [-0.1, -0.05) is 18.0 Å². The molecule has 1 fully saturated rings. The van der Waals surface area contributed by atoms with Crippen LogP contribution in [0.1, 0.15) is 44.2 Å². The van der Waals surface area contributed by atoms with Crippen molar-refractivity contribution in [2.75, 3.05) is 13.1 Å². The van der Waals surface area contributed by atoms with Gasteiger partial charge in [0.1, 0.15) is 0 Å². The number of aryl methyl sites for hydroxylation is 1. The molecule has 1 atom stereocenters. The van der Waals surface area contributed by atoms with Crippen molar-refractivity contribution in [3.63, 3.8) is 0 Å². The fourth-order valence-corrected chi connectivity index (χ4v) is 3.67. The molecule has 140 valence electrons. The van der Waals surface area contributed by atoms with Gasteiger partial charge in [0.15, 0.2) is 5.76 Å². The number of benzene rings is 1. The van der Waals surface area contributed by atoms with Crippen molar-refractivity contribution in [1.82, 2.24) is 15.2 Å². The van der Waals surface area contributed by atoms with Gasteiger partial charge in [0.2, 0.25) is 11.8 Å². The van der Waals surface area contributed by atoms with Crippen LogP contribution in [-0.4, -0.2) is 34.9 Å². The summed E-state index contributed by atoms with van der Waals surface area (Å²) in [7, 11) is 0. The van der Waals surface area contributed by atoms with Crippen molar-refractivity contribution >= 4 is 17.5 Å². The Morgan fingerprint density at radius 2 is 2.12 bits per heavy atom. The summed E-state index contributed by atoms with van der Waals surface area (Å²) in [5.41, 5.74) is 1.85. The number of piperidine rings is 1. The minimum Gasteiger partial charge on any atom is -0.439 e. The summed E-state index contributed by atoms with van der Waals surface area (Å²) in [6.45, 7) is 6.19. The van der Waals surface area contributed by atoms with Gasteiger partial charge < -0.3 is 9.73 Å². The van der Waals surface area contributed by atoms with Gasteiger partial charge in [0, 0.05) is 29.6 Å². The maximum atomic E-state index is 12.0. The first-order chi connectivity index (χ1) is 12.6. The highest BCUT2D eigenvalue weighted by atomic mass is 35.5. The van der Waals surface area contributed by atoms with Gasteiger partial charge in [0.25, 0.3) is 0 Å². The number of oxazole rings is 1. The maximum Gasteiger partial charge on any atom is 0.221 e. The smallest absolute Gasteiger partial charge is 0.221 e. The summed E-state index contributed by atoms with van der Waals surface area (Å²) in [6, 6.07) is 7.84. The van der Waals surface area contributed by atoms with Crippen LogP contribution in [0.15, 0.2) is 28.7 Å². The van der Waals surface area contributed by atoms with Crippen molar-refractivity contribution in [2.45, 2.75) is 52.1 Å². The lowest BCUT2D eigenvalue weighted by Crippen LogP contribution is -2.42. The van der Waals surface area contributed by atoms with Crippen LogP contribution in [0.3, 0.4) is 0 Å². The Hall–Kier alpha value is -1.85. The number of likely N-dealkylation sites (tertiary alicyclic amines) is 1. The van der Waals surface area contributed by atoms with Gasteiger partial charge in [-0.3, -0.25) is 9.69 Å². The van der Waals surface area contributed by atoms with Crippen molar-refractivity contribution < 1.29 is 9.21 Å². The van der Waals surface area contributed by atoms with Crippen LogP contribution in [0.25, 0.3) is 11.3 Å². The third-order valence-corrected chi connectivity index (χ3v) is 5.08. The molecule has 1 aromatic heterocycles. The van der Waals surface area contributed by atoms with E-state index in [2.05, 4.69) is 15.2 Å². The number of carbonyl (C=O) groups is 1. The average molecular weight is 376 g/mol. The molecule has 1 saturated heterocycles. The van der Waals surface area contributed by atoms with E-state index in [1.54, 1.807) is 0 Å². The lowest BCUT2D eigenvalue weighted by atomic mass is 9.99. The number of rotatable bonds is 6. The molecule has 1 aliphatic heterocycles. The first-order valence-electron chi connectivity index (χ1n) is 9.29. The van der Waals surface area contributed by atoms with E-state index in [4.69, 9.17) is 16.0 Å². The van der Waals surface area contributed by atoms with E-state index in [0.29, 0.717) is 30.4 Å². The van der Waals surface area contributed by atoms with Crippen LogP contribution in [0.4, 0.5) is 0 Å². The number of carbonyl (C=O) groups excluding carboxylic acids is 1. The van der Waals surface area contributed by atoms with Gasteiger partial charge in [-0.25, -0.2) is 4.98 Å². The lowest BCUT2D eigenvalue weighted by Gasteiger charge is -2.34. The van der Waals surface area contributed by atoms with Crippen molar-refractivity contribution in [1.29, 1.82) is 0 Å². The molecule has 0 saturated carbocycles. The Bertz CT molecular complexity index is 742. The quantitative estimate of drug-likeness (QED) is 0.822. The second kappa shape index (κ2) is 8.69. The minimum absolute atomic E-state index is 0.120. The van der Waals surface area contributed by atoms with Crippen LogP contribution < -0.4 is 5.32 Å². The van der Waals surface area contributed by atoms with Crippen LogP contribution in [0, 0.1) is 6.92 Å². The van der Waals surface area contributed by atoms with Crippen LogP contribution in [0.2, 0.25) is 5.02 Å². The summed E-state index contributed by atoms with van der Waals surface area (Å²) in [5, 5.41) is 3.60. The molecule has 2 heterocycles. The summed E-state index contributed by atoms with van der Waals surface area (Å²) < 4.78 is 6.05. The van der Waals surface area contributed by atoms with Gasteiger partial charge in [-0.05, 0) is 57.5 Å². The molecule has 2 aromatic rings. The van der Waals surface area contributed by atoms with E-state index in [1.807, 2.05) is 38.1 Å². The highest BCUT2D eigenvalue weighted by Gasteiger charge is 2.26. The van der Waals surface area contributed by atoms with E-state index in [1.165, 1.54) is 6.42 Å². The Balaban J connectivity index is 1.71. The molecule has 0 radical (unpaired) electrons. The summed E-state index contributed by atoms with van der Waals surface area (Å²) in [4.78, 5) is 18.9. The highest BCUT2D eigenvalue weighted by Crippen LogP contribution is 2.28. The second-order valence-electron chi connectivity index (χ2n) is 6.81. The van der Waals surface area contributed by atoms with Gasteiger partial charge in [0.05, 0.1) is 12.2 Å². The lowest BCUT2D eigenvalue weighted by molar-refractivity contribution is -0.122. The van der Waals surface area contributed by atoms with E-state index in [-0.39, 0.29) is 11.9 Å². The third kappa shape index (κ3) is 4.65. The molecule has 1 unspecified atom stereocenters. The SMILES string of the molecule is CCNC(=O)CC1CCCCN1Cc1nc(C)c(-c2ccc(Cl)cc2)o1. The molecule has 26 heavy (non-hydrogen) atoms. The zero-order chi connectivity index (χ0) is 18.5. The van der Waals surface area contributed by atoms with Crippen LogP contribution in [0.5, 0.6) is 0 Å². The van der Waals surface area contributed by atoms with Gasteiger partial charge in [-0.2, -0.15) is 0 Å². The zero-order valence-electron chi connectivity index (χ0n) is 15.4. The molecule has 6 heteroatoms. The normalized spacial score (nSPS) is 18.0. The second-order valence-corrected chi connectivity index (χ2v) is 7.24. The standard InChI is InChI=1S/C20H26ClN3O2/c1-3-22-18(25)12-17-6-4-5-11-24(17)13-19-23-14(2)20(26-19)15-7-9-16(21)10-8-15/h7-10,17H,3-6,11-13H2,1-2H3,(H,22,25). The van der Waals surface area contributed by atoms with Crippen molar-refractivity contribution in [3.8, 4) is 11.3 Å². The molecule has 5 nitrogen and oxygen atoms in total.